The average molecular weight is 511 g/mol. The number of nitrogens with one attached hydrogen (secondary N) is 1. The number of alkyl halides is 3. The third kappa shape index (κ3) is 4.13. The van der Waals surface area contributed by atoms with Gasteiger partial charge >= 0.3 is 6.18 Å². The Labute approximate surface area is 191 Å². The molecule has 170 valence electrons. The Bertz CT molecular complexity index is 1140. The Balaban J connectivity index is 1.66. The van der Waals surface area contributed by atoms with Gasteiger partial charge in [-0.2, -0.15) is 23.4 Å². The van der Waals surface area contributed by atoms with E-state index in [1.54, 1.807) is 49.2 Å². The maximum absolute atomic E-state index is 13.9. The molecule has 1 N–H and O–H groups in total. The monoisotopic (exact) mass is 510 g/mol. The molecular weight excluding hydrogens is 489 g/mol. The lowest BCUT2D eigenvalue weighted by Gasteiger charge is -2.34. The first kappa shape index (κ1) is 22.4. The van der Waals surface area contributed by atoms with E-state index in [9.17, 15) is 18.0 Å². The molecule has 4 rings (SSSR count). The fourth-order valence-electron chi connectivity index (χ4n) is 3.87. The van der Waals surface area contributed by atoms with E-state index in [0.29, 0.717) is 5.56 Å². The third-order valence-electron chi connectivity index (χ3n) is 5.83. The van der Waals surface area contributed by atoms with Crippen LogP contribution in [0.5, 0.6) is 0 Å². The molecule has 0 bridgehead atoms. The van der Waals surface area contributed by atoms with Crippen molar-refractivity contribution in [3.8, 4) is 0 Å². The molecule has 0 spiro atoms. The first-order chi connectivity index (χ1) is 15.1. The molecule has 7 nitrogen and oxygen atoms in total. The normalized spacial score (nSPS) is 18.2. The second-order valence-corrected chi connectivity index (χ2v) is 8.85. The molecule has 32 heavy (non-hydrogen) atoms. The maximum atomic E-state index is 13.9. The molecule has 3 aromatic rings. The minimum absolute atomic E-state index is 0.0752. The molecule has 0 radical (unpaired) electrons. The smallest absolute Gasteiger partial charge is 0.363 e. The number of hydrogen-bond acceptors (Lipinski definition) is 4. The molecule has 1 aliphatic rings. The molecule has 2 unspecified atom stereocenters. The van der Waals surface area contributed by atoms with E-state index in [2.05, 4.69) is 31.4 Å². The van der Waals surface area contributed by atoms with Crippen molar-refractivity contribution in [1.29, 1.82) is 0 Å². The van der Waals surface area contributed by atoms with Crippen LogP contribution in [0.2, 0.25) is 0 Å². The molecule has 1 aromatic carbocycles. The number of benzene rings is 1. The summed E-state index contributed by atoms with van der Waals surface area (Å²) in [6, 6.07) is 4.64. The predicted molar refractivity (Wildman–Crippen MR) is 116 cm³/mol. The van der Waals surface area contributed by atoms with Gasteiger partial charge in [0.15, 0.2) is 6.04 Å². The van der Waals surface area contributed by atoms with Crippen molar-refractivity contribution in [2.75, 3.05) is 12.4 Å². The zero-order chi connectivity index (χ0) is 23.2. The lowest BCUT2D eigenvalue weighted by molar-refractivity contribution is -0.173. The van der Waals surface area contributed by atoms with Gasteiger partial charge in [-0.15, -0.1) is 0 Å². The SMILES string of the molecule is Cc1c(CN(C)C(=O)c2cnn3c2NC(c2ccc(Br)cc2)CC3C(F)(F)F)cnn1C. The van der Waals surface area contributed by atoms with E-state index >= 15 is 0 Å². The second kappa shape index (κ2) is 8.27. The molecular formula is C21H22BrF3N6O. The second-order valence-electron chi connectivity index (χ2n) is 7.93. The molecule has 0 fully saturated rings. The first-order valence-corrected chi connectivity index (χ1v) is 10.7. The van der Waals surface area contributed by atoms with Crippen molar-refractivity contribution in [3.63, 3.8) is 0 Å². The Morgan fingerprint density at radius 3 is 2.53 bits per heavy atom. The molecule has 2 atom stereocenters. The van der Waals surface area contributed by atoms with Crippen LogP contribution in [0.4, 0.5) is 19.0 Å². The van der Waals surface area contributed by atoms with Gasteiger partial charge in [-0.25, -0.2) is 4.68 Å². The van der Waals surface area contributed by atoms with Gasteiger partial charge in [-0.3, -0.25) is 9.48 Å². The fraction of sp³-hybridized carbons (Fsp3) is 0.381. The van der Waals surface area contributed by atoms with Crippen LogP contribution >= 0.6 is 15.9 Å². The Morgan fingerprint density at radius 2 is 1.94 bits per heavy atom. The minimum atomic E-state index is -4.50. The number of anilines is 1. The van der Waals surface area contributed by atoms with Crippen molar-refractivity contribution < 1.29 is 18.0 Å². The first-order valence-electron chi connectivity index (χ1n) is 9.95. The summed E-state index contributed by atoms with van der Waals surface area (Å²) in [5, 5.41) is 11.2. The van der Waals surface area contributed by atoms with E-state index < -0.39 is 24.2 Å². The summed E-state index contributed by atoms with van der Waals surface area (Å²) in [6.07, 6.45) is -1.85. The molecule has 3 heterocycles. The van der Waals surface area contributed by atoms with Crippen LogP contribution in [0, 0.1) is 6.92 Å². The quantitative estimate of drug-likeness (QED) is 0.556. The van der Waals surface area contributed by atoms with Gasteiger partial charge in [-0.05, 0) is 24.6 Å². The highest BCUT2D eigenvalue weighted by molar-refractivity contribution is 9.10. The third-order valence-corrected chi connectivity index (χ3v) is 6.36. The average Bonchev–Trinajstić information content (AvgIpc) is 3.30. The maximum Gasteiger partial charge on any atom is 0.410 e. The summed E-state index contributed by atoms with van der Waals surface area (Å²) in [7, 11) is 3.41. The number of amides is 1. The highest BCUT2D eigenvalue weighted by Crippen LogP contribution is 2.44. The van der Waals surface area contributed by atoms with Crippen LogP contribution in [0.1, 0.15) is 45.7 Å². The van der Waals surface area contributed by atoms with E-state index in [4.69, 9.17) is 0 Å². The predicted octanol–water partition coefficient (Wildman–Crippen LogP) is 4.62. The van der Waals surface area contributed by atoms with Gasteiger partial charge in [-0.1, -0.05) is 28.1 Å². The summed E-state index contributed by atoms with van der Waals surface area (Å²) in [4.78, 5) is 14.6. The number of rotatable bonds is 4. The van der Waals surface area contributed by atoms with Crippen LogP contribution in [-0.2, 0) is 13.6 Å². The van der Waals surface area contributed by atoms with Gasteiger partial charge in [0, 0.05) is 42.8 Å². The number of aromatic nitrogens is 4. The number of carbonyl (C=O) groups is 1. The number of nitrogens with zero attached hydrogens (tertiary/aromatic N) is 5. The number of fused-ring (bicyclic) bond motifs is 1. The lowest BCUT2D eigenvalue weighted by Crippen LogP contribution is -2.36. The summed E-state index contributed by atoms with van der Waals surface area (Å²) in [5.74, 6) is -0.342. The van der Waals surface area contributed by atoms with E-state index in [1.165, 1.54) is 11.1 Å². The van der Waals surface area contributed by atoms with Crippen molar-refractivity contribution in [2.45, 2.75) is 38.1 Å². The van der Waals surface area contributed by atoms with Gasteiger partial charge in [0.1, 0.15) is 11.4 Å². The molecule has 0 saturated carbocycles. The van der Waals surface area contributed by atoms with Crippen molar-refractivity contribution in [1.82, 2.24) is 24.5 Å². The largest absolute Gasteiger partial charge is 0.410 e. The van der Waals surface area contributed by atoms with Crippen LogP contribution in [0.15, 0.2) is 41.1 Å². The molecule has 0 saturated heterocycles. The van der Waals surface area contributed by atoms with E-state index in [1.807, 2.05) is 6.92 Å². The Morgan fingerprint density at radius 1 is 1.25 bits per heavy atom. The Hall–Kier alpha value is -2.82. The molecule has 1 amide bonds. The van der Waals surface area contributed by atoms with Crippen molar-refractivity contribution in [3.05, 3.63) is 63.5 Å². The lowest BCUT2D eigenvalue weighted by atomic mass is 9.96. The van der Waals surface area contributed by atoms with Crippen molar-refractivity contribution in [2.24, 2.45) is 7.05 Å². The molecule has 1 aliphatic heterocycles. The standard InChI is InChI=1S/C21H22BrF3N6O/c1-12-14(9-26-30(12)3)11-29(2)20(32)16-10-27-31-18(21(23,24)25)8-17(28-19(16)31)13-4-6-15(22)7-5-13/h4-7,9-10,17-18,28H,8,11H2,1-3H3. The zero-order valence-corrected chi connectivity index (χ0v) is 19.3. The van der Waals surface area contributed by atoms with E-state index in [0.717, 1.165) is 20.4 Å². The van der Waals surface area contributed by atoms with Crippen LogP contribution in [-0.4, -0.2) is 43.6 Å². The minimum Gasteiger partial charge on any atom is -0.363 e. The van der Waals surface area contributed by atoms with Crippen LogP contribution in [0.25, 0.3) is 0 Å². The highest BCUT2D eigenvalue weighted by atomic mass is 79.9. The number of halogens is 4. The molecule has 0 aliphatic carbocycles. The van der Waals surface area contributed by atoms with E-state index in [-0.39, 0.29) is 24.3 Å². The van der Waals surface area contributed by atoms with Gasteiger partial charge in [0.05, 0.1) is 18.4 Å². The number of carbonyl (C=O) groups excluding carboxylic acids is 1. The summed E-state index contributed by atoms with van der Waals surface area (Å²) in [5.41, 5.74) is 2.57. The number of aryl methyl sites for hydroxylation is 1. The summed E-state index contributed by atoms with van der Waals surface area (Å²) < 4.78 is 45.0. The molecule has 2 aromatic heterocycles. The summed E-state index contributed by atoms with van der Waals surface area (Å²) >= 11 is 3.34. The van der Waals surface area contributed by atoms with Crippen LogP contribution in [0.3, 0.4) is 0 Å². The van der Waals surface area contributed by atoms with Gasteiger partial charge in [0.25, 0.3) is 5.91 Å². The summed E-state index contributed by atoms with van der Waals surface area (Å²) in [6.45, 7) is 2.17. The Kier molecular flexibility index (Phi) is 5.78. The zero-order valence-electron chi connectivity index (χ0n) is 17.7. The van der Waals surface area contributed by atoms with Crippen LogP contribution < -0.4 is 5.32 Å². The molecule has 11 heteroatoms. The highest BCUT2D eigenvalue weighted by Gasteiger charge is 2.47. The fourth-order valence-corrected chi connectivity index (χ4v) is 4.13. The van der Waals surface area contributed by atoms with Gasteiger partial charge < -0.3 is 10.2 Å². The van der Waals surface area contributed by atoms with Gasteiger partial charge in [0.2, 0.25) is 0 Å². The number of hydrogen-bond donors (Lipinski definition) is 1. The topological polar surface area (TPSA) is 68.0 Å². The van der Waals surface area contributed by atoms with Crippen molar-refractivity contribution >= 4 is 27.7 Å².